The fourth-order valence-electron chi connectivity index (χ4n) is 2.48. The highest BCUT2D eigenvalue weighted by molar-refractivity contribution is 4.91. The Balaban J connectivity index is 2.26. The lowest BCUT2D eigenvalue weighted by Crippen LogP contribution is -2.27. The molecule has 0 aromatic carbocycles. The fourth-order valence-corrected chi connectivity index (χ4v) is 2.48. The Morgan fingerprint density at radius 2 is 1.87 bits per heavy atom. The van der Waals surface area contributed by atoms with E-state index in [-0.39, 0.29) is 6.10 Å². The standard InChI is InChI=1S/C13H24O2/c1-10(2)8-12(14)9-13(15)11-6-4-3-5-7-11/h11-15H,1,3-9H2,2H3/t12-,13+/m0/s1. The molecule has 15 heavy (non-hydrogen) atoms. The van der Waals surface area contributed by atoms with Crippen LogP contribution in [0, 0.1) is 5.92 Å². The van der Waals surface area contributed by atoms with Gasteiger partial charge in [0.2, 0.25) is 0 Å². The third-order valence-corrected chi connectivity index (χ3v) is 3.29. The summed E-state index contributed by atoms with van der Waals surface area (Å²) in [5.41, 5.74) is 0.985. The van der Waals surface area contributed by atoms with Gasteiger partial charge in [-0.1, -0.05) is 24.8 Å². The zero-order valence-corrected chi connectivity index (χ0v) is 9.78. The summed E-state index contributed by atoms with van der Waals surface area (Å²) in [6.07, 6.45) is 6.41. The molecule has 2 atom stereocenters. The molecular weight excluding hydrogens is 188 g/mol. The molecule has 0 saturated heterocycles. The van der Waals surface area contributed by atoms with Crippen molar-refractivity contribution in [2.24, 2.45) is 5.92 Å². The van der Waals surface area contributed by atoms with Crippen LogP contribution in [0.4, 0.5) is 0 Å². The van der Waals surface area contributed by atoms with Crippen molar-refractivity contribution in [3.8, 4) is 0 Å². The maximum atomic E-state index is 9.97. The highest BCUT2D eigenvalue weighted by atomic mass is 16.3. The van der Waals surface area contributed by atoms with Crippen LogP contribution in [0.3, 0.4) is 0 Å². The van der Waals surface area contributed by atoms with Crippen molar-refractivity contribution in [3.63, 3.8) is 0 Å². The van der Waals surface area contributed by atoms with E-state index in [0.717, 1.165) is 18.4 Å². The van der Waals surface area contributed by atoms with E-state index in [0.29, 0.717) is 18.8 Å². The second-order valence-corrected chi connectivity index (χ2v) is 5.02. The monoisotopic (exact) mass is 212 g/mol. The molecule has 1 aliphatic carbocycles. The van der Waals surface area contributed by atoms with Crippen molar-refractivity contribution in [3.05, 3.63) is 12.2 Å². The van der Waals surface area contributed by atoms with Gasteiger partial charge in [0.25, 0.3) is 0 Å². The zero-order valence-electron chi connectivity index (χ0n) is 9.78. The van der Waals surface area contributed by atoms with Gasteiger partial charge >= 0.3 is 0 Å². The minimum absolute atomic E-state index is 0.320. The van der Waals surface area contributed by atoms with E-state index in [1.54, 1.807) is 0 Å². The predicted molar refractivity (Wildman–Crippen MR) is 62.6 cm³/mol. The Kier molecular flexibility index (Phi) is 5.34. The Morgan fingerprint density at radius 1 is 1.27 bits per heavy atom. The molecule has 88 valence electrons. The molecule has 0 aromatic heterocycles. The summed E-state index contributed by atoms with van der Waals surface area (Å²) in [4.78, 5) is 0. The van der Waals surface area contributed by atoms with Crippen molar-refractivity contribution in [2.75, 3.05) is 0 Å². The Morgan fingerprint density at radius 3 is 2.40 bits per heavy atom. The van der Waals surface area contributed by atoms with E-state index in [4.69, 9.17) is 0 Å². The largest absolute Gasteiger partial charge is 0.393 e. The SMILES string of the molecule is C=C(C)C[C@H](O)C[C@@H](O)C1CCCCC1. The van der Waals surface area contributed by atoms with Crippen LogP contribution < -0.4 is 0 Å². The molecular formula is C13H24O2. The van der Waals surface area contributed by atoms with Gasteiger partial charge in [0.1, 0.15) is 0 Å². The molecule has 0 aromatic rings. The predicted octanol–water partition coefficient (Wildman–Crippen LogP) is 2.64. The highest BCUT2D eigenvalue weighted by Crippen LogP contribution is 2.28. The van der Waals surface area contributed by atoms with Crippen LogP contribution in [0.25, 0.3) is 0 Å². The first kappa shape index (κ1) is 12.7. The maximum absolute atomic E-state index is 9.97. The molecule has 1 saturated carbocycles. The quantitative estimate of drug-likeness (QED) is 0.688. The number of hydrogen-bond donors (Lipinski definition) is 2. The van der Waals surface area contributed by atoms with Crippen molar-refractivity contribution >= 4 is 0 Å². The summed E-state index contributed by atoms with van der Waals surface area (Å²) in [6.45, 7) is 5.69. The lowest BCUT2D eigenvalue weighted by molar-refractivity contribution is 0.0312. The molecule has 0 aliphatic heterocycles. The van der Waals surface area contributed by atoms with Gasteiger partial charge in [-0.25, -0.2) is 0 Å². The average molecular weight is 212 g/mol. The molecule has 0 bridgehead atoms. The molecule has 0 radical (unpaired) electrons. The van der Waals surface area contributed by atoms with E-state index in [1.807, 2.05) is 6.92 Å². The van der Waals surface area contributed by atoms with Crippen LogP contribution in [0.2, 0.25) is 0 Å². The normalized spacial score (nSPS) is 22.3. The summed E-state index contributed by atoms with van der Waals surface area (Å²) in [5, 5.41) is 19.7. The second kappa shape index (κ2) is 6.29. The molecule has 1 rings (SSSR count). The van der Waals surface area contributed by atoms with Crippen LogP contribution in [0.15, 0.2) is 12.2 Å². The lowest BCUT2D eigenvalue weighted by atomic mass is 9.83. The van der Waals surface area contributed by atoms with Gasteiger partial charge in [-0.3, -0.25) is 0 Å². The van der Waals surface area contributed by atoms with Gasteiger partial charge in [0.15, 0.2) is 0 Å². The first-order valence-corrected chi connectivity index (χ1v) is 6.10. The molecule has 0 heterocycles. The van der Waals surface area contributed by atoms with Crippen molar-refractivity contribution in [2.45, 2.75) is 64.1 Å². The van der Waals surface area contributed by atoms with E-state index >= 15 is 0 Å². The van der Waals surface area contributed by atoms with Gasteiger partial charge in [0.05, 0.1) is 12.2 Å². The summed E-state index contributed by atoms with van der Waals surface area (Å²) >= 11 is 0. The molecule has 0 unspecified atom stereocenters. The van der Waals surface area contributed by atoms with Gasteiger partial charge < -0.3 is 10.2 Å². The van der Waals surface area contributed by atoms with Crippen molar-refractivity contribution in [1.29, 1.82) is 0 Å². The third kappa shape index (κ3) is 4.80. The van der Waals surface area contributed by atoms with Crippen LogP contribution >= 0.6 is 0 Å². The molecule has 1 fully saturated rings. The number of aliphatic hydroxyl groups excluding tert-OH is 2. The Labute approximate surface area is 93.0 Å². The van der Waals surface area contributed by atoms with Crippen LogP contribution in [0.5, 0.6) is 0 Å². The average Bonchev–Trinajstić information content (AvgIpc) is 2.17. The van der Waals surface area contributed by atoms with E-state index < -0.39 is 6.10 Å². The highest BCUT2D eigenvalue weighted by Gasteiger charge is 2.23. The molecule has 1 aliphatic rings. The van der Waals surface area contributed by atoms with E-state index in [9.17, 15) is 10.2 Å². The molecule has 0 spiro atoms. The van der Waals surface area contributed by atoms with Crippen LogP contribution in [-0.4, -0.2) is 22.4 Å². The summed E-state index contributed by atoms with van der Waals surface area (Å²) in [6, 6.07) is 0. The van der Waals surface area contributed by atoms with Crippen molar-refractivity contribution < 1.29 is 10.2 Å². The summed E-state index contributed by atoms with van der Waals surface area (Å²) < 4.78 is 0. The minimum Gasteiger partial charge on any atom is -0.393 e. The minimum atomic E-state index is -0.417. The number of hydrogen-bond acceptors (Lipinski definition) is 2. The molecule has 0 amide bonds. The molecule has 2 N–H and O–H groups in total. The van der Waals surface area contributed by atoms with Crippen molar-refractivity contribution in [1.82, 2.24) is 0 Å². The topological polar surface area (TPSA) is 40.5 Å². The third-order valence-electron chi connectivity index (χ3n) is 3.29. The maximum Gasteiger partial charge on any atom is 0.0601 e. The van der Waals surface area contributed by atoms with Crippen LogP contribution in [-0.2, 0) is 0 Å². The zero-order chi connectivity index (χ0) is 11.3. The van der Waals surface area contributed by atoms with E-state index in [1.165, 1.54) is 19.3 Å². The molecule has 2 heteroatoms. The second-order valence-electron chi connectivity index (χ2n) is 5.02. The van der Waals surface area contributed by atoms with E-state index in [2.05, 4.69) is 6.58 Å². The lowest BCUT2D eigenvalue weighted by Gasteiger charge is -2.28. The first-order valence-electron chi connectivity index (χ1n) is 6.10. The Bertz CT molecular complexity index is 195. The van der Waals surface area contributed by atoms with Gasteiger partial charge in [-0.05, 0) is 38.5 Å². The number of aliphatic hydroxyl groups is 2. The summed E-state index contributed by atoms with van der Waals surface area (Å²) in [5.74, 6) is 0.415. The molecule has 2 nitrogen and oxygen atoms in total. The summed E-state index contributed by atoms with van der Waals surface area (Å²) in [7, 11) is 0. The fraction of sp³-hybridized carbons (Fsp3) is 0.846. The van der Waals surface area contributed by atoms with Gasteiger partial charge in [0, 0.05) is 0 Å². The van der Waals surface area contributed by atoms with Crippen LogP contribution in [0.1, 0.15) is 51.9 Å². The van der Waals surface area contributed by atoms with Gasteiger partial charge in [-0.2, -0.15) is 0 Å². The first-order chi connectivity index (χ1) is 7.09. The smallest absolute Gasteiger partial charge is 0.0601 e. The van der Waals surface area contributed by atoms with Gasteiger partial charge in [-0.15, -0.1) is 6.58 Å². The number of rotatable bonds is 5. The Hall–Kier alpha value is -0.340.